The smallest absolute Gasteiger partial charge is 0.248 e. The molecule has 1 amide bonds. The van der Waals surface area contributed by atoms with Crippen molar-refractivity contribution in [2.24, 2.45) is 0 Å². The number of anilines is 1. The van der Waals surface area contributed by atoms with Crippen molar-refractivity contribution in [2.75, 3.05) is 5.32 Å². The third kappa shape index (κ3) is 2.71. The number of rotatable bonds is 4. The molecule has 0 spiro atoms. The minimum Gasteiger partial charge on any atom is -0.293 e. The molecule has 0 atom stereocenters. The lowest BCUT2D eigenvalue weighted by Gasteiger charge is -2.38. The van der Waals surface area contributed by atoms with Crippen molar-refractivity contribution in [2.45, 2.75) is 42.8 Å². The Kier molecular flexibility index (Phi) is 4.03. The van der Waals surface area contributed by atoms with Gasteiger partial charge in [-0.3, -0.25) is 14.5 Å². The summed E-state index contributed by atoms with van der Waals surface area (Å²) in [5.74, 6) is -0.329. The Morgan fingerprint density at radius 2 is 1.78 bits per heavy atom. The predicted octanol–water partition coefficient (Wildman–Crippen LogP) is 2.68. The van der Waals surface area contributed by atoms with E-state index in [-0.39, 0.29) is 10.8 Å². The highest BCUT2D eigenvalue weighted by Crippen LogP contribution is 2.43. The zero-order valence-electron chi connectivity index (χ0n) is 15.1. The van der Waals surface area contributed by atoms with Crippen molar-refractivity contribution in [3.63, 3.8) is 0 Å². The summed E-state index contributed by atoms with van der Waals surface area (Å²) in [5.41, 5.74) is 2.57. The van der Waals surface area contributed by atoms with Gasteiger partial charge in [0, 0.05) is 6.20 Å². The van der Waals surface area contributed by atoms with Gasteiger partial charge >= 0.3 is 0 Å². The number of carbonyl (C=O) groups excluding carboxylic acids is 1. The van der Waals surface area contributed by atoms with Gasteiger partial charge in [-0.25, -0.2) is 8.42 Å². The number of hydrogen-bond acceptors (Lipinski definition) is 5. The lowest BCUT2D eigenvalue weighted by molar-refractivity contribution is -0.120. The van der Waals surface area contributed by atoms with Crippen LogP contribution in [-0.4, -0.2) is 33.7 Å². The topological polar surface area (TPSA) is 93.4 Å². The number of aryl methyl sites for hydroxylation is 2. The maximum atomic E-state index is 13.2. The fourth-order valence-electron chi connectivity index (χ4n) is 3.35. The molecular weight excluding hydrogens is 364 g/mol. The number of fused-ring (bicyclic) bond motifs is 1. The number of amides is 1. The van der Waals surface area contributed by atoms with Crippen molar-refractivity contribution < 1.29 is 13.2 Å². The average Bonchev–Trinajstić information content (AvgIpc) is 2.95. The average molecular weight is 384 g/mol. The molecule has 0 unspecified atom stereocenters. The summed E-state index contributed by atoms with van der Waals surface area (Å²) in [6, 6.07) is 10.3. The van der Waals surface area contributed by atoms with Gasteiger partial charge in [-0.05, 0) is 62.9 Å². The first-order valence-electron chi connectivity index (χ1n) is 8.78. The van der Waals surface area contributed by atoms with E-state index in [2.05, 4.69) is 15.5 Å². The van der Waals surface area contributed by atoms with Crippen LogP contribution in [0.4, 0.5) is 5.95 Å². The number of nitrogens with one attached hydrogen (secondary N) is 1. The number of hydrogen-bond donors (Lipinski definition) is 1. The van der Waals surface area contributed by atoms with Gasteiger partial charge in [-0.1, -0.05) is 17.7 Å². The number of carbonyl (C=O) groups is 1. The molecule has 1 N–H and O–H groups in total. The first-order valence-corrected chi connectivity index (χ1v) is 10.3. The third-order valence-corrected chi connectivity index (χ3v) is 7.73. The van der Waals surface area contributed by atoms with Crippen LogP contribution in [0.2, 0.25) is 0 Å². The Morgan fingerprint density at radius 1 is 1.07 bits per heavy atom. The Morgan fingerprint density at radius 3 is 2.41 bits per heavy atom. The van der Waals surface area contributed by atoms with Crippen molar-refractivity contribution in [3.8, 4) is 0 Å². The van der Waals surface area contributed by atoms with Gasteiger partial charge in [0.25, 0.3) is 0 Å². The van der Waals surface area contributed by atoms with Crippen LogP contribution in [0.1, 0.15) is 30.4 Å². The van der Waals surface area contributed by atoms with E-state index in [9.17, 15) is 13.2 Å². The summed E-state index contributed by atoms with van der Waals surface area (Å²) in [5, 5.41) is 10.7. The first kappa shape index (κ1) is 17.7. The van der Waals surface area contributed by atoms with E-state index in [4.69, 9.17) is 0 Å². The maximum absolute atomic E-state index is 13.2. The van der Waals surface area contributed by atoms with Crippen molar-refractivity contribution in [1.82, 2.24) is 14.6 Å². The third-order valence-electron chi connectivity index (χ3n) is 5.21. The fourth-order valence-corrected chi connectivity index (χ4v) is 5.42. The molecule has 8 heteroatoms. The second-order valence-corrected chi connectivity index (χ2v) is 9.33. The van der Waals surface area contributed by atoms with Crippen LogP contribution in [0.5, 0.6) is 0 Å². The predicted molar refractivity (Wildman–Crippen MR) is 101 cm³/mol. The molecule has 1 aliphatic rings. The molecule has 0 aliphatic heterocycles. The van der Waals surface area contributed by atoms with Crippen molar-refractivity contribution >= 4 is 27.3 Å². The quantitative estimate of drug-likeness (QED) is 0.746. The molecule has 7 nitrogen and oxygen atoms in total. The van der Waals surface area contributed by atoms with Crippen molar-refractivity contribution in [1.29, 1.82) is 0 Å². The Balaban J connectivity index is 1.69. The van der Waals surface area contributed by atoms with Gasteiger partial charge in [-0.2, -0.15) is 0 Å². The van der Waals surface area contributed by atoms with E-state index in [1.54, 1.807) is 34.9 Å². The lowest BCUT2D eigenvalue weighted by atomic mass is 9.83. The molecule has 140 valence electrons. The second kappa shape index (κ2) is 6.16. The van der Waals surface area contributed by atoms with Gasteiger partial charge in [-0.15, -0.1) is 10.2 Å². The van der Waals surface area contributed by atoms with E-state index in [0.717, 1.165) is 11.1 Å². The molecule has 0 saturated heterocycles. The van der Waals surface area contributed by atoms with Crippen molar-refractivity contribution in [3.05, 3.63) is 53.7 Å². The molecule has 0 bridgehead atoms. The van der Waals surface area contributed by atoms with Crippen LogP contribution < -0.4 is 5.32 Å². The van der Waals surface area contributed by atoms with Crippen LogP contribution in [0, 0.1) is 13.8 Å². The maximum Gasteiger partial charge on any atom is 0.248 e. The zero-order valence-corrected chi connectivity index (χ0v) is 16.0. The largest absolute Gasteiger partial charge is 0.293 e. The summed E-state index contributed by atoms with van der Waals surface area (Å²) in [7, 11) is -3.81. The molecule has 4 rings (SSSR count). The van der Waals surface area contributed by atoms with Crippen LogP contribution in [0.25, 0.3) is 5.65 Å². The molecule has 1 aromatic carbocycles. The number of benzene rings is 1. The Labute approximate surface area is 157 Å². The van der Waals surface area contributed by atoms with E-state index < -0.39 is 20.5 Å². The van der Waals surface area contributed by atoms with Crippen LogP contribution in [0.3, 0.4) is 0 Å². The van der Waals surface area contributed by atoms with Gasteiger partial charge in [0.1, 0.15) is 0 Å². The summed E-state index contributed by atoms with van der Waals surface area (Å²) < 4.78 is 26.6. The SMILES string of the molecule is Cc1ccc(S(=O)(=O)C2(C(=O)Nc3nnc4cc(C)ccn34)CCC2)cc1. The Hall–Kier alpha value is -2.74. The molecule has 2 heterocycles. The number of pyridine rings is 1. The fraction of sp³-hybridized carbons (Fsp3) is 0.316. The van der Waals surface area contributed by atoms with Gasteiger partial charge in [0.05, 0.1) is 4.90 Å². The van der Waals surface area contributed by atoms with E-state index >= 15 is 0 Å². The van der Waals surface area contributed by atoms with Gasteiger partial charge in [0.2, 0.25) is 11.9 Å². The Bertz CT molecular complexity index is 1130. The number of nitrogens with zero attached hydrogens (tertiary/aromatic N) is 3. The highest BCUT2D eigenvalue weighted by Gasteiger charge is 2.55. The highest BCUT2D eigenvalue weighted by atomic mass is 32.2. The first-order chi connectivity index (χ1) is 12.8. The molecule has 1 fully saturated rings. The normalized spacial score (nSPS) is 16.1. The second-order valence-electron chi connectivity index (χ2n) is 7.07. The molecular formula is C19H20N4O3S. The van der Waals surface area contributed by atoms with Crippen LogP contribution in [0.15, 0.2) is 47.5 Å². The minimum absolute atomic E-state index is 0.171. The monoisotopic (exact) mass is 384 g/mol. The van der Waals surface area contributed by atoms with E-state index in [1.807, 2.05) is 26.0 Å². The summed E-state index contributed by atoms with van der Waals surface area (Å²) in [6.07, 6.45) is 3.04. The molecule has 1 saturated carbocycles. The summed E-state index contributed by atoms with van der Waals surface area (Å²) in [6.45, 7) is 3.82. The summed E-state index contributed by atoms with van der Waals surface area (Å²) >= 11 is 0. The zero-order chi connectivity index (χ0) is 19.2. The van der Waals surface area contributed by atoms with Gasteiger partial charge in [0.15, 0.2) is 20.2 Å². The van der Waals surface area contributed by atoms with Crippen LogP contribution >= 0.6 is 0 Å². The molecule has 0 radical (unpaired) electrons. The number of sulfone groups is 1. The van der Waals surface area contributed by atoms with E-state index in [1.165, 1.54) is 0 Å². The molecule has 27 heavy (non-hydrogen) atoms. The minimum atomic E-state index is -3.81. The standard InChI is InChI=1S/C19H20N4O3S/c1-13-4-6-15(7-5-13)27(25,26)19(9-3-10-19)17(24)20-18-22-21-16-12-14(2)8-11-23(16)18/h4-8,11-12H,3,9-10H2,1-2H3,(H,20,22,24). The number of aromatic nitrogens is 3. The van der Waals surface area contributed by atoms with Crippen LogP contribution in [-0.2, 0) is 14.6 Å². The van der Waals surface area contributed by atoms with E-state index in [0.29, 0.717) is 24.9 Å². The molecule has 1 aliphatic carbocycles. The molecule has 2 aromatic heterocycles. The summed E-state index contributed by atoms with van der Waals surface area (Å²) in [4.78, 5) is 13.2. The van der Waals surface area contributed by atoms with Gasteiger partial charge < -0.3 is 0 Å². The highest BCUT2D eigenvalue weighted by molar-refractivity contribution is 7.93. The molecule has 3 aromatic rings. The lowest BCUT2D eigenvalue weighted by Crippen LogP contribution is -2.54.